The van der Waals surface area contributed by atoms with E-state index in [1.165, 1.54) is 6.07 Å². The van der Waals surface area contributed by atoms with Gasteiger partial charge in [0.2, 0.25) is 10.0 Å². The van der Waals surface area contributed by atoms with Gasteiger partial charge in [-0.15, -0.1) is 0 Å². The number of piperazine rings is 1. The molecular weight excluding hydrogens is 339 g/mol. The van der Waals surface area contributed by atoms with Crippen molar-refractivity contribution in [3.05, 3.63) is 34.6 Å². The first-order valence-electron chi connectivity index (χ1n) is 7.92. The first-order chi connectivity index (χ1) is 10.8. The molecule has 0 aromatic heterocycles. The Morgan fingerprint density at radius 3 is 2.43 bits per heavy atom. The normalized spacial score (nSPS) is 17.8. The molecule has 0 N–H and O–H groups in total. The van der Waals surface area contributed by atoms with Crippen LogP contribution >= 0.6 is 11.6 Å². The average molecular weight is 363 g/mol. The molecule has 1 aromatic carbocycles. The highest BCUT2D eigenvalue weighted by atomic mass is 35.5. The Balaban J connectivity index is 1.91. The summed E-state index contributed by atoms with van der Waals surface area (Å²) in [5.74, 6) is 0.253. The van der Waals surface area contributed by atoms with Gasteiger partial charge in [0, 0.05) is 43.3 Å². The minimum absolute atomic E-state index is 0.198. The minimum Gasteiger partial charge on any atom is -0.296 e. The van der Waals surface area contributed by atoms with Crippen molar-refractivity contribution < 1.29 is 12.8 Å². The summed E-state index contributed by atoms with van der Waals surface area (Å²) < 4.78 is 40.0. The van der Waals surface area contributed by atoms with Crippen LogP contribution in [0.4, 0.5) is 4.39 Å². The molecule has 0 unspecified atom stereocenters. The van der Waals surface area contributed by atoms with Crippen LogP contribution in [0.3, 0.4) is 0 Å². The Morgan fingerprint density at radius 2 is 1.87 bits per heavy atom. The molecule has 0 spiro atoms. The molecule has 0 bridgehead atoms. The molecular formula is C16H24ClFN2O2S. The monoisotopic (exact) mass is 362 g/mol. The highest BCUT2D eigenvalue weighted by molar-refractivity contribution is 7.89. The van der Waals surface area contributed by atoms with Crippen molar-refractivity contribution in [3.8, 4) is 0 Å². The molecule has 1 fully saturated rings. The predicted octanol–water partition coefficient (Wildman–Crippen LogP) is 2.97. The van der Waals surface area contributed by atoms with E-state index in [0.717, 1.165) is 0 Å². The van der Waals surface area contributed by atoms with E-state index in [0.29, 0.717) is 55.6 Å². The van der Waals surface area contributed by atoms with Crippen molar-refractivity contribution in [3.63, 3.8) is 0 Å². The topological polar surface area (TPSA) is 40.6 Å². The van der Waals surface area contributed by atoms with Gasteiger partial charge in [0.25, 0.3) is 0 Å². The molecule has 7 heteroatoms. The maximum atomic E-state index is 13.8. The minimum atomic E-state index is -3.18. The summed E-state index contributed by atoms with van der Waals surface area (Å²) in [6.07, 6.45) is 0.674. The van der Waals surface area contributed by atoms with Gasteiger partial charge in [-0.3, -0.25) is 4.90 Å². The number of halogens is 2. The summed E-state index contributed by atoms with van der Waals surface area (Å²) in [4.78, 5) is 2.04. The zero-order chi connectivity index (χ0) is 17.0. The van der Waals surface area contributed by atoms with Crippen LogP contribution in [0.25, 0.3) is 0 Å². The quantitative estimate of drug-likeness (QED) is 0.781. The Morgan fingerprint density at radius 1 is 1.22 bits per heavy atom. The summed E-state index contributed by atoms with van der Waals surface area (Å²) in [5.41, 5.74) is 0.477. The molecule has 1 aliphatic rings. The zero-order valence-electron chi connectivity index (χ0n) is 13.6. The second-order valence-electron chi connectivity index (χ2n) is 6.37. The number of hydrogen-bond acceptors (Lipinski definition) is 3. The molecule has 2 rings (SSSR count). The Bertz CT molecular complexity index is 609. The largest absolute Gasteiger partial charge is 0.296 e. The highest BCUT2D eigenvalue weighted by Gasteiger charge is 2.27. The smallest absolute Gasteiger partial charge is 0.214 e. The molecule has 0 amide bonds. The lowest BCUT2D eigenvalue weighted by atomic mass is 10.2. The van der Waals surface area contributed by atoms with Crippen LogP contribution < -0.4 is 0 Å². The van der Waals surface area contributed by atoms with Crippen molar-refractivity contribution in [2.24, 2.45) is 5.92 Å². The zero-order valence-corrected chi connectivity index (χ0v) is 15.2. The lowest BCUT2D eigenvalue weighted by molar-refractivity contribution is 0.180. The second kappa shape index (κ2) is 7.92. The number of sulfonamides is 1. The fraction of sp³-hybridized carbons (Fsp3) is 0.625. The van der Waals surface area contributed by atoms with E-state index in [9.17, 15) is 12.8 Å². The second-order valence-corrected chi connectivity index (χ2v) is 8.87. The first-order valence-corrected chi connectivity index (χ1v) is 9.91. The van der Waals surface area contributed by atoms with Crippen LogP contribution in [0.5, 0.6) is 0 Å². The van der Waals surface area contributed by atoms with E-state index in [2.05, 4.69) is 0 Å². The summed E-state index contributed by atoms with van der Waals surface area (Å²) in [5, 5.41) is 0.414. The molecule has 0 radical (unpaired) electrons. The van der Waals surface area contributed by atoms with Gasteiger partial charge in [0.15, 0.2) is 0 Å². The number of benzene rings is 1. The fourth-order valence-electron chi connectivity index (χ4n) is 2.59. The number of hydrogen-bond donors (Lipinski definition) is 0. The van der Waals surface area contributed by atoms with Gasteiger partial charge in [-0.1, -0.05) is 31.5 Å². The van der Waals surface area contributed by atoms with Crippen LogP contribution in [-0.2, 0) is 16.6 Å². The molecule has 0 aliphatic carbocycles. The van der Waals surface area contributed by atoms with E-state index in [4.69, 9.17) is 11.6 Å². The summed E-state index contributed by atoms with van der Waals surface area (Å²) in [6.45, 7) is 6.53. The molecule has 1 saturated heterocycles. The maximum absolute atomic E-state index is 13.8. The Labute approximate surface area is 143 Å². The molecule has 130 valence electrons. The van der Waals surface area contributed by atoms with E-state index in [1.54, 1.807) is 16.4 Å². The van der Waals surface area contributed by atoms with Gasteiger partial charge in [-0.05, 0) is 24.5 Å². The maximum Gasteiger partial charge on any atom is 0.214 e. The van der Waals surface area contributed by atoms with E-state index < -0.39 is 10.0 Å². The Kier molecular flexibility index (Phi) is 6.42. The standard InChI is InChI=1S/C16H24ClFN2O2S/c1-13(2)6-11-23(21,22)20-9-7-19(8-10-20)12-14-15(17)4-3-5-16(14)18/h3-5,13H,6-12H2,1-2H3. The number of rotatable bonds is 6. The lowest BCUT2D eigenvalue weighted by Crippen LogP contribution is -2.49. The third-order valence-corrected chi connectivity index (χ3v) is 6.38. The van der Waals surface area contributed by atoms with Gasteiger partial charge in [-0.2, -0.15) is 4.31 Å². The molecule has 0 saturated carbocycles. The van der Waals surface area contributed by atoms with Crippen molar-refractivity contribution in [2.75, 3.05) is 31.9 Å². The van der Waals surface area contributed by atoms with Crippen molar-refractivity contribution >= 4 is 21.6 Å². The molecule has 23 heavy (non-hydrogen) atoms. The van der Waals surface area contributed by atoms with Gasteiger partial charge < -0.3 is 0 Å². The lowest BCUT2D eigenvalue weighted by Gasteiger charge is -2.34. The van der Waals surface area contributed by atoms with E-state index >= 15 is 0 Å². The summed E-state index contributed by atoms with van der Waals surface area (Å²) in [7, 11) is -3.18. The van der Waals surface area contributed by atoms with E-state index in [-0.39, 0.29) is 11.6 Å². The van der Waals surface area contributed by atoms with Crippen LogP contribution in [0.1, 0.15) is 25.8 Å². The van der Waals surface area contributed by atoms with Crippen LogP contribution in [0.15, 0.2) is 18.2 Å². The van der Waals surface area contributed by atoms with Crippen molar-refractivity contribution in [2.45, 2.75) is 26.8 Å². The molecule has 1 aromatic rings. The number of nitrogens with zero attached hydrogens (tertiary/aromatic N) is 2. The van der Waals surface area contributed by atoms with Crippen LogP contribution in [0, 0.1) is 11.7 Å². The van der Waals surface area contributed by atoms with Gasteiger partial charge in [0.1, 0.15) is 5.82 Å². The van der Waals surface area contributed by atoms with Gasteiger partial charge in [0.05, 0.1) is 5.75 Å². The fourth-order valence-corrected chi connectivity index (χ4v) is 4.56. The van der Waals surface area contributed by atoms with Gasteiger partial charge >= 0.3 is 0 Å². The Hall–Kier alpha value is -0.690. The van der Waals surface area contributed by atoms with Crippen molar-refractivity contribution in [1.82, 2.24) is 9.21 Å². The van der Waals surface area contributed by atoms with E-state index in [1.807, 2.05) is 18.7 Å². The average Bonchev–Trinajstić information content (AvgIpc) is 2.50. The van der Waals surface area contributed by atoms with Crippen LogP contribution in [0.2, 0.25) is 5.02 Å². The third kappa shape index (κ3) is 5.14. The van der Waals surface area contributed by atoms with Crippen molar-refractivity contribution in [1.29, 1.82) is 0 Å². The molecule has 4 nitrogen and oxygen atoms in total. The summed E-state index contributed by atoms with van der Waals surface area (Å²) >= 11 is 6.05. The van der Waals surface area contributed by atoms with Gasteiger partial charge in [-0.25, -0.2) is 12.8 Å². The molecule has 1 heterocycles. The third-order valence-electron chi connectivity index (χ3n) is 4.12. The highest BCUT2D eigenvalue weighted by Crippen LogP contribution is 2.22. The van der Waals surface area contributed by atoms with Crippen LogP contribution in [-0.4, -0.2) is 49.6 Å². The predicted molar refractivity (Wildman–Crippen MR) is 91.5 cm³/mol. The SMILES string of the molecule is CC(C)CCS(=O)(=O)N1CCN(Cc2c(F)cccc2Cl)CC1. The summed E-state index contributed by atoms with van der Waals surface area (Å²) in [6, 6.07) is 4.65. The molecule has 1 aliphatic heterocycles. The first kappa shape index (κ1) is 18.6. The molecule has 0 atom stereocenters.